The van der Waals surface area contributed by atoms with Gasteiger partial charge in [0.25, 0.3) is 11.1 Å². The van der Waals surface area contributed by atoms with Crippen molar-refractivity contribution < 1.29 is 4.39 Å². The number of hydrogen-bond acceptors (Lipinski definition) is 6. The lowest BCUT2D eigenvalue weighted by molar-refractivity contribution is 0.620. The van der Waals surface area contributed by atoms with Crippen LogP contribution in [0, 0.1) is 18.7 Å². The number of nitrogens with zero attached hydrogens (tertiary/aromatic N) is 6. The van der Waals surface area contributed by atoms with E-state index in [0.29, 0.717) is 63.4 Å². The number of aromatic nitrogens is 6. The van der Waals surface area contributed by atoms with Crippen LogP contribution in [0.15, 0.2) is 88.7 Å². The minimum atomic E-state index is -0.313. The van der Waals surface area contributed by atoms with E-state index in [1.807, 2.05) is 36.4 Å². The van der Waals surface area contributed by atoms with Crippen LogP contribution in [0.2, 0.25) is 5.02 Å². The molecular formula is C35H32ClFN6O2. The molecule has 6 aromatic rings. The monoisotopic (exact) mass is 622 g/mol. The van der Waals surface area contributed by atoms with E-state index in [0.717, 1.165) is 36.8 Å². The molecule has 0 amide bonds. The molecule has 4 heterocycles. The zero-order valence-corrected chi connectivity index (χ0v) is 25.8. The van der Waals surface area contributed by atoms with Crippen LogP contribution in [0.5, 0.6) is 0 Å². The highest BCUT2D eigenvalue weighted by Gasteiger charge is 2.25. The van der Waals surface area contributed by atoms with Gasteiger partial charge < -0.3 is 0 Å². The van der Waals surface area contributed by atoms with Crippen LogP contribution in [0.1, 0.15) is 38.2 Å². The summed E-state index contributed by atoms with van der Waals surface area (Å²) in [6.07, 6.45) is 7.60. The molecule has 7 rings (SSSR count). The van der Waals surface area contributed by atoms with Crippen LogP contribution >= 0.6 is 11.6 Å². The second-order valence-corrected chi connectivity index (χ2v) is 11.7. The van der Waals surface area contributed by atoms with E-state index >= 15 is 0 Å². The first-order chi connectivity index (χ1) is 21.8. The zero-order chi connectivity index (χ0) is 31.5. The number of pyridine rings is 2. The van der Waals surface area contributed by atoms with Crippen molar-refractivity contribution in [1.29, 1.82) is 0 Å². The van der Waals surface area contributed by atoms with Crippen LogP contribution < -0.4 is 11.1 Å². The largest absolute Gasteiger partial charge is 0.290 e. The van der Waals surface area contributed by atoms with Crippen molar-refractivity contribution in [2.24, 2.45) is 5.92 Å². The molecule has 0 saturated heterocycles. The summed E-state index contributed by atoms with van der Waals surface area (Å²) in [6.45, 7) is 5.20. The first-order valence-electron chi connectivity index (χ1n) is 15.1. The van der Waals surface area contributed by atoms with Crippen molar-refractivity contribution in [2.75, 3.05) is 0 Å². The SMILES string of the molecule is CCCCn1c(=O)c(-c2ccc(Cl)cc2)nc2cccnc21.Cc1cc(F)ccc1-c1nc2cccnc2n(CC2CC2)c1=O. The Morgan fingerprint density at radius 1 is 0.844 bits per heavy atom. The normalized spacial score (nSPS) is 12.7. The summed E-state index contributed by atoms with van der Waals surface area (Å²) < 4.78 is 16.8. The van der Waals surface area contributed by atoms with E-state index in [2.05, 4.69) is 26.9 Å². The number of fused-ring (bicyclic) bond motifs is 2. The maximum absolute atomic E-state index is 13.4. The standard InChI is InChI=1S/C18H16FN3O.C17H16ClN3O/c1-11-9-13(19)6-7-14(11)16-18(23)22(10-12-4-5-12)17-15(21-16)3-2-8-20-17;1-2-3-11-21-16-14(5-4-10-19-16)20-15(17(21)22)12-6-8-13(18)9-7-12/h2-3,6-9,12H,4-5,10H2,1H3;4-10H,2-3,11H2,1H3. The Labute approximate surface area is 264 Å². The Bertz CT molecular complexity index is 2120. The maximum Gasteiger partial charge on any atom is 0.278 e. The fourth-order valence-corrected chi connectivity index (χ4v) is 5.39. The molecule has 1 aliphatic carbocycles. The van der Waals surface area contributed by atoms with Gasteiger partial charge in [0.1, 0.15) is 28.2 Å². The lowest BCUT2D eigenvalue weighted by Gasteiger charge is -2.12. The van der Waals surface area contributed by atoms with Gasteiger partial charge in [-0.2, -0.15) is 0 Å². The predicted octanol–water partition coefficient (Wildman–Crippen LogP) is 7.23. The van der Waals surface area contributed by atoms with Crippen molar-refractivity contribution >= 4 is 33.9 Å². The fraction of sp³-hybridized carbons (Fsp3) is 0.257. The molecule has 0 radical (unpaired) electrons. The summed E-state index contributed by atoms with van der Waals surface area (Å²) in [5.41, 5.74) is 5.35. The molecule has 4 aromatic heterocycles. The smallest absolute Gasteiger partial charge is 0.278 e. The van der Waals surface area contributed by atoms with Crippen molar-refractivity contribution in [3.05, 3.63) is 116 Å². The third kappa shape index (κ3) is 6.54. The van der Waals surface area contributed by atoms with E-state index in [-0.39, 0.29) is 16.9 Å². The molecular weight excluding hydrogens is 591 g/mol. The highest BCUT2D eigenvalue weighted by atomic mass is 35.5. The Hall–Kier alpha value is -4.76. The first-order valence-corrected chi connectivity index (χ1v) is 15.5. The van der Waals surface area contributed by atoms with Crippen LogP contribution in [-0.2, 0) is 13.1 Å². The number of unbranched alkanes of at least 4 members (excludes halogenated alkanes) is 1. The van der Waals surface area contributed by atoms with Gasteiger partial charge in [-0.3, -0.25) is 18.7 Å². The molecule has 10 heteroatoms. The average Bonchev–Trinajstić information content (AvgIpc) is 3.87. The molecule has 8 nitrogen and oxygen atoms in total. The molecule has 0 N–H and O–H groups in total. The summed E-state index contributed by atoms with van der Waals surface area (Å²) in [7, 11) is 0. The predicted molar refractivity (Wildman–Crippen MR) is 176 cm³/mol. The Morgan fingerprint density at radius 2 is 1.47 bits per heavy atom. The number of benzene rings is 2. The van der Waals surface area contributed by atoms with Gasteiger partial charge in [0.05, 0.1) is 0 Å². The van der Waals surface area contributed by atoms with Gasteiger partial charge in [0.15, 0.2) is 11.3 Å². The van der Waals surface area contributed by atoms with Crippen molar-refractivity contribution in [3.63, 3.8) is 0 Å². The number of aryl methyl sites for hydroxylation is 2. The van der Waals surface area contributed by atoms with Gasteiger partial charge >= 0.3 is 0 Å². The summed E-state index contributed by atoms with van der Waals surface area (Å²) in [5, 5.41) is 0.637. The van der Waals surface area contributed by atoms with Gasteiger partial charge in [-0.05, 0) is 92.3 Å². The van der Waals surface area contributed by atoms with E-state index in [1.165, 1.54) is 12.1 Å². The van der Waals surface area contributed by atoms with Crippen LogP contribution in [0.3, 0.4) is 0 Å². The fourth-order valence-electron chi connectivity index (χ4n) is 5.27. The molecule has 1 fully saturated rings. The molecule has 0 bridgehead atoms. The van der Waals surface area contributed by atoms with E-state index in [4.69, 9.17) is 11.6 Å². The van der Waals surface area contributed by atoms with Crippen molar-refractivity contribution in [1.82, 2.24) is 29.1 Å². The molecule has 45 heavy (non-hydrogen) atoms. The maximum atomic E-state index is 13.4. The molecule has 0 atom stereocenters. The van der Waals surface area contributed by atoms with Crippen molar-refractivity contribution in [2.45, 2.75) is 52.6 Å². The number of hydrogen-bond donors (Lipinski definition) is 0. The first kappa shape index (κ1) is 30.3. The Balaban J connectivity index is 0.000000159. The number of rotatable bonds is 7. The van der Waals surface area contributed by atoms with Gasteiger partial charge in [-0.15, -0.1) is 0 Å². The van der Waals surface area contributed by atoms with Crippen LogP contribution in [0.25, 0.3) is 44.8 Å². The summed E-state index contributed by atoms with van der Waals surface area (Å²) >= 11 is 5.92. The van der Waals surface area contributed by atoms with E-state index in [9.17, 15) is 14.0 Å². The number of halogens is 2. The van der Waals surface area contributed by atoms with E-state index in [1.54, 1.807) is 46.7 Å². The second-order valence-electron chi connectivity index (χ2n) is 11.2. The minimum Gasteiger partial charge on any atom is -0.290 e. The summed E-state index contributed by atoms with van der Waals surface area (Å²) in [5.74, 6) is 0.231. The van der Waals surface area contributed by atoms with Gasteiger partial charge in [0, 0.05) is 41.6 Å². The third-order valence-corrected chi connectivity index (χ3v) is 8.09. The third-order valence-electron chi connectivity index (χ3n) is 7.84. The zero-order valence-electron chi connectivity index (χ0n) is 25.1. The molecule has 1 aliphatic rings. The van der Waals surface area contributed by atoms with Gasteiger partial charge in [0.2, 0.25) is 0 Å². The van der Waals surface area contributed by atoms with Gasteiger partial charge in [-0.1, -0.05) is 37.1 Å². The second kappa shape index (κ2) is 13.1. The summed E-state index contributed by atoms with van der Waals surface area (Å²) in [4.78, 5) is 43.4. The molecule has 0 spiro atoms. The highest BCUT2D eigenvalue weighted by Crippen LogP contribution is 2.31. The highest BCUT2D eigenvalue weighted by molar-refractivity contribution is 6.30. The minimum absolute atomic E-state index is 0.109. The molecule has 1 saturated carbocycles. The molecule has 0 aliphatic heterocycles. The van der Waals surface area contributed by atoms with Crippen LogP contribution in [0.4, 0.5) is 4.39 Å². The van der Waals surface area contributed by atoms with Crippen LogP contribution in [-0.4, -0.2) is 29.1 Å². The van der Waals surface area contributed by atoms with Gasteiger partial charge in [-0.25, -0.2) is 24.3 Å². The quantitative estimate of drug-likeness (QED) is 0.186. The topological polar surface area (TPSA) is 95.6 Å². The lowest BCUT2D eigenvalue weighted by Crippen LogP contribution is -2.25. The molecule has 2 aromatic carbocycles. The lowest BCUT2D eigenvalue weighted by atomic mass is 10.1. The average molecular weight is 623 g/mol. The molecule has 228 valence electrons. The Morgan fingerprint density at radius 3 is 2.09 bits per heavy atom. The summed E-state index contributed by atoms with van der Waals surface area (Å²) in [6, 6.07) is 18.9. The molecule has 0 unspecified atom stereocenters. The van der Waals surface area contributed by atoms with E-state index < -0.39 is 0 Å². The van der Waals surface area contributed by atoms with Crippen molar-refractivity contribution in [3.8, 4) is 22.5 Å². The Kier molecular flexibility index (Phi) is 8.80.